The number of guanidine groups is 1. The molecule has 7 heteroatoms. The molecule has 24 heavy (non-hydrogen) atoms. The van der Waals surface area contributed by atoms with E-state index >= 15 is 0 Å². The van der Waals surface area contributed by atoms with Crippen LogP contribution in [-0.4, -0.2) is 33.8 Å². The number of nitrogens with zero attached hydrogens (tertiary/aromatic N) is 4. The van der Waals surface area contributed by atoms with Gasteiger partial charge in [-0.25, -0.2) is 9.67 Å². The first-order valence-corrected chi connectivity index (χ1v) is 7.99. The second-order valence-electron chi connectivity index (χ2n) is 5.74. The van der Waals surface area contributed by atoms with Crippen LogP contribution in [0.5, 0.6) is 0 Å². The summed E-state index contributed by atoms with van der Waals surface area (Å²) in [7, 11) is 1.78. The van der Waals surface area contributed by atoms with Crippen LogP contribution in [0.2, 0.25) is 0 Å². The first-order chi connectivity index (χ1) is 11.0. The van der Waals surface area contributed by atoms with Crippen molar-refractivity contribution in [2.45, 2.75) is 46.7 Å². The Hall–Kier alpha value is -1.64. The maximum atomic E-state index is 4.50. The standard InChI is InChI=1S/C17H26N6.HI/c1-6-12(2)21-17(18-5)20-11-15-7-8-16(19-10-15)23-14(4)9-13(3)22-23;/h7-10,12H,6,11H2,1-5H3,(H2,18,20,21);1H. The first kappa shape index (κ1) is 20.4. The summed E-state index contributed by atoms with van der Waals surface area (Å²) in [5, 5.41) is 11.1. The summed E-state index contributed by atoms with van der Waals surface area (Å²) >= 11 is 0. The maximum Gasteiger partial charge on any atom is 0.191 e. The Morgan fingerprint density at radius 1 is 1.33 bits per heavy atom. The van der Waals surface area contributed by atoms with Gasteiger partial charge in [0.05, 0.1) is 5.69 Å². The van der Waals surface area contributed by atoms with Crippen LogP contribution in [0, 0.1) is 13.8 Å². The van der Waals surface area contributed by atoms with Crippen molar-refractivity contribution in [1.82, 2.24) is 25.4 Å². The van der Waals surface area contributed by atoms with E-state index in [9.17, 15) is 0 Å². The molecule has 2 aromatic heterocycles. The molecule has 2 rings (SSSR count). The van der Waals surface area contributed by atoms with E-state index in [1.807, 2.05) is 36.9 Å². The maximum absolute atomic E-state index is 4.50. The highest BCUT2D eigenvalue weighted by Crippen LogP contribution is 2.10. The number of hydrogen-bond donors (Lipinski definition) is 2. The molecule has 2 aromatic rings. The van der Waals surface area contributed by atoms with Crippen LogP contribution in [0.4, 0.5) is 0 Å². The number of aliphatic imine (C=N–C) groups is 1. The van der Waals surface area contributed by atoms with E-state index in [-0.39, 0.29) is 24.0 Å². The SMILES string of the molecule is CCC(C)NC(=NC)NCc1ccc(-n2nc(C)cc2C)nc1.I. The number of aromatic nitrogens is 3. The molecule has 0 bridgehead atoms. The zero-order chi connectivity index (χ0) is 16.8. The normalized spacial score (nSPS) is 12.5. The molecule has 0 radical (unpaired) electrons. The van der Waals surface area contributed by atoms with Crippen molar-refractivity contribution in [1.29, 1.82) is 0 Å². The molecule has 6 nitrogen and oxygen atoms in total. The lowest BCUT2D eigenvalue weighted by Gasteiger charge is -2.16. The van der Waals surface area contributed by atoms with Gasteiger partial charge in [0.15, 0.2) is 11.8 Å². The number of aryl methyl sites for hydroxylation is 2. The molecule has 2 heterocycles. The van der Waals surface area contributed by atoms with E-state index < -0.39 is 0 Å². The lowest BCUT2D eigenvalue weighted by Crippen LogP contribution is -2.41. The molecule has 0 aliphatic heterocycles. The first-order valence-electron chi connectivity index (χ1n) is 7.99. The monoisotopic (exact) mass is 442 g/mol. The van der Waals surface area contributed by atoms with Crippen molar-refractivity contribution >= 4 is 29.9 Å². The highest BCUT2D eigenvalue weighted by Gasteiger charge is 2.06. The third kappa shape index (κ3) is 5.47. The molecule has 0 saturated carbocycles. The smallest absolute Gasteiger partial charge is 0.191 e. The summed E-state index contributed by atoms with van der Waals surface area (Å²) in [5.41, 5.74) is 3.18. The van der Waals surface area contributed by atoms with Gasteiger partial charge in [-0.15, -0.1) is 24.0 Å². The van der Waals surface area contributed by atoms with Gasteiger partial charge in [-0.05, 0) is 44.9 Å². The summed E-state index contributed by atoms with van der Waals surface area (Å²) in [5.74, 6) is 1.64. The number of halogens is 1. The van der Waals surface area contributed by atoms with Gasteiger partial charge in [-0.1, -0.05) is 13.0 Å². The van der Waals surface area contributed by atoms with Gasteiger partial charge in [0.25, 0.3) is 0 Å². The summed E-state index contributed by atoms with van der Waals surface area (Å²) in [6, 6.07) is 6.48. The Balaban J connectivity index is 0.00000288. The van der Waals surface area contributed by atoms with E-state index in [1.54, 1.807) is 7.05 Å². The molecule has 0 aromatic carbocycles. The summed E-state index contributed by atoms with van der Waals surface area (Å²) in [4.78, 5) is 8.73. The van der Waals surface area contributed by atoms with Crippen LogP contribution in [0.25, 0.3) is 5.82 Å². The van der Waals surface area contributed by atoms with Crippen molar-refractivity contribution in [3.63, 3.8) is 0 Å². The topological polar surface area (TPSA) is 67.1 Å². The molecule has 0 aliphatic rings. The molecule has 1 unspecified atom stereocenters. The summed E-state index contributed by atoms with van der Waals surface area (Å²) in [6.07, 6.45) is 2.93. The highest BCUT2D eigenvalue weighted by molar-refractivity contribution is 14.0. The minimum atomic E-state index is 0. The van der Waals surface area contributed by atoms with Crippen molar-refractivity contribution in [2.24, 2.45) is 4.99 Å². The van der Waals surface area contributed by atoms with Gasteiger partial charge in [-0.3, -0.25) is 4.99 Å². The fraction of sp³-hybridized carbons (Fsp3) is 0.471. The van der Waals surface area contributed by atoms with Gasteiger partial charge in [0.1, 0.15) is 0 Å². The Bertz CT molecular complexity index is 662. The highest BCUT2D eigenvalue weighted by atomic mass is 127. The van der Waals surface area contributed by atoms with Crippen LogP contribution in [-0.2, 0) is 6.54 Å². The number of nitrogens with one attached hydrogen (secondary N) is 2. The molecular weight excluding hydrogens is 415 g/mol. The molecule has 0 aliphatic carbocycles. The molecular formula is C17H27IN6. The minimum Gasteiger partial charge on any atom is -0.354 e. The zero-order valence-corrected chi connectivity index (χ0v) is 17.3. The largest absolute Gasteiger partial charge is 0.354 e. The summed E-state index contributed by atoms with van der Waals surface area (Å²) in [6.45, 7) is 8.98. The number of pyridine rings is 1. The molecule has 0 saturated heterocycles. The second-order valence-corrected chi connectivity index (χ2v) is 5.74. The quantitative estimate of drug-likeness (QED) is 0.425. The fourth-order valence-corrected chi connectivity index (χ4v) is 2.22. The van der Waals surface area contributed by atoms with Crippen molar-refractivity contribution in [3.8, 4) is 5.82 Å². The van der Waals surface area contributed by atoms with Crippen LogP contribution in [0.1, 0.15) is 37.2 Å². The van der Waals surface area contributed by atoms with E-state index in [0.29, 0.717) is 12.6 Å². The van der Waals surface area contributed by atoms with E-state index in [0.717, 1.165) is 35.1 Å². The Morgan fingerprint density at radius 2 is 2.08 bits per heavy atom. The third-order valence-electron chi connectivity index (χ3n) is 3.71. The average Bonchev–Trinajstić information content (AvgIpc) is 2.90. The van der Waals surface area contributed by atoms with Crippen LogP contribution >= 0.6 is 24.0 Å². The fourth-order valence-electron chi connectivity index (χ4n) is 2.22. The Morgan fingerprint density at radius 3 is 2.58 bits per heavy atom. The number of hydrogen-bond acceptors (Lipinski definition) is 3. The Kier molecular flexibility index (Phi) is 8.17. The molecule has 2 N–H and O–H groups in total. The number of rotatable bonds is 5. The third-order valence-corrected chi connectivity index (χ3v) is 3.71. The van der Waals surface area contributed by atoms with E-state index in [2.05, 4.69) is 45.6 Å². The van der Waals surface area contributed by atoms with E-state index in [4.69, 9.17) is 0 Å². The molecule has 0 amide bonds. The van der Waals surface area contributed by atoms with E-state index in [1.165, 1.54) is 0 Å². The lowest BCUT2D eigenvalue weighted by molar-refractivity contribution is 0.624. The molecule has 132 valence electrons. The van der Waals surface area contributed by atoms with Gasteiger partial charge in [0, 0.05) is 31.5 Å². The minimum absolute atomic E-state index is 0. The van der Waals surface area contributed by atoms with Crippen LogP contribution in [0.15, 0.2) is 29.4 Å². The van der Waals surface area contributed by atoms with Gasteiger partial charge in [-0.2, -0.15) is 5.10 Å². The van der Waals surface area contributed by atoms with Crippen molar-refractivity contribution in [2.75, 3.05) is 7.05 Å². The summed E-state index contributed by atoms with van der Waals surface area (Å²) < 4.78 is 1.86. The molecule has 1 atom stereocenters. The van der Waals surface area contributed by atoms with Crippen molar-refractivity contribution in [3.05, 3.63) is 41.3 Å². The van der Waals surface area contributed by atoms with Gasteiger partial charge >= 0.3 is 0 Å². The van der Waals surface area contributed by atoms with Gasteiger partial charge < -0.3 is 10.6 Å². The predicted molar refractivity (Wildman–Crippen MR) is 109 cm³/mol. The zero-order valence-electron chi connectivity index (χ0n) is 15.0. The van der Waals surface area contributed by atoms with Crippen LogP contribution in [0.3, 0.4) is 0 Å². The van der Waals surface area contributed by atoms with Crippen molar-refractivity contribution < 1.29 is 0 Å². The molecule has 0 fully saturated rings. The second kappa shape index (κ2) is 9.61. The predicted octanol–water partition coefficient (Wildman–Crippen LogP) is 2.97. The van der Waals surface area contributed by atoms with Crippen LogP contribution < -0.4 is 10.6 Å². The molecule has 0 spiro atoms. The lowest BCUT2D eigenvalue weighted by atomic mass is 10.2. The average molecular weight is 442 g/mol. The van der Waals surface area contributed by atoms with Gasteiger partial charge in [0.2, 0.25) is 0 Å². The Labute approximate surface area is 161 Å².